The molecule has 0 atom stereocenters. The highest BCUT2D eigenvalue weighted by Crippen LogP contribution is 2.29. The summed E-state index contributed by atoms with van der Waals surface area (Å²) in [5.41, 5.74) is 9.01. The first-order valence-electron chi connectivity index (χ1n) is 6.12. The van der Waals surface area contributed by atoms with E-state index in [1.807, 2.05) is 26.8 Å². The number of hydrogen-bond acceptors (Lipinski definition) is 3. The van der Waals surface area contributed by atoms with Crippen LogP contribution in [0.1, 0.15) is 22.3 Å². The van der Waals surface area contributed by atoms with Crippen molar-refractivity contribution in [1.29, 1.82) is 0 Å². The van der Waals surface area contributed by atoms with E-state index in [0.29, 0.717) is 11.3 Å². The van der Waals surface area contributed by atoms with E-state index in [1.54, 1.807) is 6.07 Å². The summed E-state index contributed by atoms with van der Waals surface area (Å²) in [7, 11) is 0. The van der Waals surface area contributed by atoms with Gasteiger partial charge in [0.15, 0.2) is 5.82 Å². The van der Waals surface area contributed by atoms with Crippen LogP contribution in [0.5, 0.6) is 11.6 Å². The van der Waals surface area contributed by atoms with Crippen LogP contribution in [-0.2, 0) is 6.54 Å². The Bertz CT molecular complexity index is 611. The van der Waals surface area contributed by atoms with Gasteiger partial charge in [-0.1, -0.05) is 6.07 Å². The number of benzene rings is 1. The van der Waals surface area contributed by atoms with Gasteiger partial charge in [0.1, 0.15) is 5.75 Å². The first-order chi connectivity index (χ1) is 9.02. The molecule has 1 heterocycles. The Labute approximate surface area is 112 Å². The van der Waals surface area contributed by atoms with Gasteiger partial charge in [-0.2, -0.15) is 0 Å². The van der Waals surface area contributed by atoms with Crippen LogP contribution in [0.3, 0.4) is 0 Å². The molecule has 2 aromatic rings. The highest BCUT2D eigenvalue weighted by atomic mass is 19.1. The van der Waals surface area contributed by atoms with Crippen molar-refractivity contribution >= 4 is 0 Å². The van der Waals surface area contributed by atoms with E-state index in [1.165, 1.54) is 6.20 Å². The molecule has 0 radical (unpaired) electrons. The summed E-state index contributed by atoms with van der Waals surface area (Å²) in [4.78, 5) is 3.93. The number of aromatic nitrogens is 1. The molecule has 3 nitrogen and oxygen atoms in total. The maximum atomic E-state index is 14.0. The molecule has 0 unspecified atom stereocenters. The molecule has 100 valence electrons. The van der Waals surface area contributed by atoms with Crippen LogP contribution < -0.4 is 10.5 Å². The second kappa shape index (κ2) is 5.36. The Kier molecular flexibility index (Phi) is 3.81. The van der Waals surface area contributed by atoms with E-state index in [-0.39, 0.29) is 12.4 Å². The van der Waals surface area contributed by atoms with Crippen LogP contribution in [-0.4, -0.2) is 4.98 Å². The Morgan fingerprint density at radius 1 is 1.26 bits per heavy atom. The van der Waals surface area contributed by atoms with Gasteiger partial charge in [0, 0.05) is 18.3 Å². The summed E-state index contributed by atoms with van der Waals surface area (Å²) in [5.74, 6) is 0.0951. The summed E-state index contributed by atoms with van der Waals surface area (Å²) in [6.45, 7) is 6.03. The summed E-state index contributed by atoms with van der Waals surface area (Å²) in [5, 5.41) is 0. The summed E-state index contributed by atoms with van der Waals surface area (Å²) >= 11 is 0. The van der Waals surface area contributed by atoms with Crippen LogP contribution in [0, 0.1) is 26.6 Å². The number of nitrogens with two attached hydrogens (primary N) is 1. The third-order valence-electron chi connectivity index (χ3n) is 3.13. The summed E-state index contributed by atoms with van der Waals surface area (Å²) in [6.07, 6.45) is 1.50. The van der Waals surface area contributed by atoms with Gasteiger partial charge >= 0.3 is 0 Å². The molecule has 1 aromatic heterocycles. The number of ether oxygens (including phenoxy) is 1. The fourth-order valence-corrected chi connectivity index (χ4v) is 1.90. The van der Waals surface area contributed by atoms with Gasteiger partial charge in [-0.15, -0.1) is 0 Å². The monoisotopic (exact) mass is 260 g/mol. The van der Waals surface area contributed by atoms with Gasteiger partial charge in [0.25, 0.3) is 5.88 Å². The third-order valence-corrected chi connectivity index (χ3v) is 3.13. The van der Waals surface area contributed by atoms with Crippen molar-refractivity contribution in [2.75, 3.05) is 0 Å². The quantitative estimate of drug-likeness (QED) is 0.920. The van der Waals surface area contributed by atoms with Crippen molar-refractivity contribution in [2.45, 2.75) is 27.3 Å². The van der Waals surface area contributed by atoms with Crippen LogP contribution in [0.25, 0.3) is 0 Å². The Balaban J connectivity index is 2.42. The fraction of sp³-hybridized carbons (Fsp3) is 0.267. The minimum Gasteiger partial charge on any atom is -0.436 e. The maximum absolute atomic E-state index is 14.0. The smallest absolute Gasteiger partial charge is 0.256 e. The van der Waals surface area contributed by atoms with Crippen LogP contribution in [0.2, 0.25) is 0 Å². The van der Waals surface area contributed by atoms with Crippen molar-refractivity contribution < 1.29 is 9.13 Å². The Morgan fingerprint density at radius 3 is 2.68 bits per heavy atom. The fourth-order valence-electron chi connectivity index (χ4n) is 1.90. The molecule has 0 saturated heterocycles. The molecular weight excluding hydrogens is 243 g/mol. The number of pyridine rings is 1. The Hall–Kier alpha value is -1.94. The second-order valence-electron chi connectivity index (χ2n) is 4.60. The predicted molar refractivity (Wildman–Crippen MR) is 72.8 cm³/mol. The first-order valence-corrected chi connectivity index (χ1v) is 6.12. The third kappa shape index (κ3) is 2.74. The zero-order chi connectivity index (χ0) is 14.0. The first kappa shape index (κ1) is 13.5. The van der Waals surface area contributed by atoms with Gasteiger partial charge in [0.2, 0.25) is 0 Å². The topological polar surface area (TPSA) is 48.1 Å². The number of nitrogens with zero attached hydrogens (tertiary/aromatic N) is 1. The second-order valence-corrected chi connectivity index (χ2v) is 4.60. The predicted octanol–water partition coefficient (Wildman–Crippen LogP) is 3.40. The van der Waals surface area contributed by atoms with Crippen LogP contribution >= 0.6 is 0 Å². The van der Waals surface area contributed by atoms with Crippen molar-refractivity contribution in [2.24, 2.45) is 5.73 Å². The molecule has 0 fully saturated rings. The highest BCUT2D eigenvalue weighted by Gasteiger charge is 2.12. The summed E-state index contributed by atoms with van der Waals surface area (Å²) < 4.78 is 19.6. The molecule has 0 aliphatic rings. The van der Waals surface area contributed by atoms with E-state index in [2.05, 4.69) is 11.1 Å². The molecule has 0 aliphatic carbocycles. The molecule has 2 rings (SSSR count). The van der Waals surface area contributed by atoms with E-state index >= 15 is 0 Å². The lowest BCUT2D eigenvalue weighted by atomic mass is 10.1. The number of hydrogen-bond donors (Lipinski definition) is 1. The molecule has 0 amide bonds. The van der Waals surface area contributed by atoms with Gasteiger partial charge in [-0.3, -0.25) is 0 Å². The molecule has 2 N–H and O–H groups in total. The standard InChI is InChI=1S/C15H17FN2O/c1-9-6-10(2)11(3)13(7-9)19-15-14(16)12(8-17)4-5-18-15/h4-7H,8,17H2,1-3H3. The zero-order valence-corrected chi connectivity index (χ0v) is 11.3. The van der Waals surface area contributed by atoms with Crippen LogP contribution in [0.4, 0.5) is 4.39 Å². The molecule has 1 aromatic carbocycles. The summed E-state index contributed by atoms with van der Waals surface area (Å²) in [6, 6.07) is 5.48. The Morgan fingerprint density at radius 2 is 2.00 bits per heavy atom. The largest absolute Gasteiger partial charge is 0.436 e. The average Bonchev–Trinajstić information content (AvgIpc) is 2.37. The molecule has 19 heavy (non-hydrogen) atoms. The molecule has 0 aliphatic heterocycles. The molecule has 4 heteroatoms. The molecule has 0 bridgehead atoms. The zero-order valence-electron chi connectivity index (χ0n) is 11.3. The van der Waals surface area contributed by atoms with E-state index in [0.717, 1.165) is 16.7 Å². The number of rotatable bonds is 3. The lowest BCUT2D eigenvalue weighted by molar-refractivity contribution is 0.416. The number of halogens is 1. The van der Waals surface area contributed by atoms with E-state index in [9.17, 15) is 4.39 Å². The van der Waals surface area contributed by atoms with Crippen molar-refractivity contribution in [1.82, 2.24) is 4.98 Å². The molecule has 0 saturated carbocycles. The van der Waals surface area contributed by atoms with E-state index < -0.39 is 5.82 Å². The van der Waals surface area contributed by atoms with Crippen molar-refractivity contribution in [3.05, 3.63) is 52.5 Å². The maximum Gasteiger partial charge on any atom is 0.256 e. The lowest BCUT2D eigenvalue weighted by Crippen LogP contribution is -2.03. The van der Waals surface area contributed by atoms with Crippen molar-refractivity contribution in [3.63, 3.8) is 0 Å². The SMILES string of the molecule is Cc1cc(C)c(C)c(Oc2nccc(CN)c2F)c1. The van der Waals surface area contributed by atoms with E-state index in [4.69, 9.17) is 10.5 Å². The van der Waals surface area contributed by atoms with Crippen molar-refractivity contribution in [3.8, 4) is 11.6 Å². The normalized spacial score (nSPS) is 10.6. The minimum absolute atomic E-state index is 0.0314. The van der Waals surface area contributed by atoms with Gasteiger partial charge < -0.3 is 10.5 Å². The number of aryl methyl sites for hydroxylation is 2. The molecule has 0 spiro atoms. The van der Waals surface area contributed by atoms with Crippen LogP contribution in [0.15, 0.2) is 24.4 Å². The highest BCUT2D eigenvalue weighted by molar-refractivity contribution is 5.44. The average molecular weight is 260 g/mol. The van der Waals surface area contributed by atoms with Gasteiger partial charge in [-0.25, -0.2) is 9.37 Å². The lowest BCUT2D eigenvalue weighted by Gasteiger charge is -2.12. The van der Waals surface area contributed by atoms with Gasteiger partial charge in [-0.05, 0) is 49.6 Å². The minimum atomic E-state index is -0.497. The van der Waals surface area contributed by atoms with Gasteiger partial charge in [0.05, 0.1) is 0 Å². The molecular formula is C15H17FN2O.